The van der Waals surface area contributed by atoms with Crippen molar-refractivity contribution < 1.29 is 10.0 Å². The first kappa shape index (κ1) is 13.3. The second-order valence-electron chi connectivity index (χ2n) is 4.78. The normalized spacial score (nSPS) is 17.6. The number of oxime groups is 1. The third-order valence-corrected chi connectivity index (χ3v) is 3.69. The summed E-state index contributed by atoms with van der Waals surface area (Å²) in [6.45, 7) is 0.531. The number of hydrogen-bond acceptors (Lipinski definition) is 4. The summed E-state index contributed by atoms with van der Waals surface area (Å²) in [5.41, 5.74) is 5.94. The average Bonchev–Trinajstić information content (AvgIpc) is 2.38. The molecule has 0 spiro atoms. The van der Waals surface area contributed by atoms with Gasteiger partial charge < -0.3 is 16.3 Å². The van der Waals surface area contributed by atoms with Gasteiger partial charge in [-0.25, -0.2) is 0 Å². The summed E-state index contributed by atoms with van der Waals surface area (Å²) in [6, 6.07) is 3.82. The maximum atomic E-state index is 12.1. The molecule has 6 heteroatoms. The quantitative estimate of drug-likeness (QED) is 0.314. The second kappa shape index (κ2) is 5.69. The van der Waals surface area contributed by atoms with Crippen molar-refractivity contribution in [2.75, 3.05) is 6.54 Å². The van der Waals surface area contributed by atoms with Gasteiger partial charge in [0.15, 0.2) is 5.84 Å². The molecule has 1 saturated carbocycles. The minimum absolute atomic E-state index is 0.0140. The van der Waals surface area contributed by atoms with Gasteiger partial charge in [0.05, 0.1) is 0 Å². The summed E-state index contributed by atoms with van der Waals surface area (Å²) >= 11 is 0. The molecule has 0 saturated heterocycles. The molecular weight excluding hydrogens is 244 g/mol. The van der Waals surface area contributed by atoms with Gasteiger partial charge in [-0.3, -0.25) is 9.78 Å². The fraction of sp³-hybridized carbons (Fsp3) is 0.462. The second-order valence-corrected chi connectivity index (χ2v) is 4.78. The van der Waals surface area contributed by atoms with Crippen LogP contribution in [0.3, 0.4) is 0 Å². The third-order valence-electron chi connectivity index (χ3n) is 3.69. The lowest BCUT2D eigenvalue weighted by Gasteiger charge is -2.38. The van der Waals surface area contributed by atoms with E-state index in [-0.39, 0.29) is 11.7 Å². The lowest BCUT2D eigenvalue weighted by molar-refractivity contribution is -0.131. The lowest BCUT2D eigenvalue weighted by Crippen LogP contribution is -2.54. The summed E-state index contributed by atoms with van der Waals surface area (Å²) in [6.07, 6.45) is 6.39. The summed E-state index contributed by atoms with van der Waals surface area (Å²) in [4.78, 5) is 16.1. The van der Waals surface area contributed by atoms with Crippen molar-refractivity contribution in [1.82, 2.24) is 10.3 Å². The van der Waals surface area contributed by atoms with Gasteiger partial charge >= 0.3 is 0 Å². The van der Waals surface area contributed by atoms with Crippen LogP contribution in [-0.2, 0) is 11.2 Å². The molecule has 1 aromatic rings. The van der Waals surface area contributed by atoms with E-state index in [1.54, 1.807) is 12.4 Å². The number of pyridine rings is 1. The average molecular weight is 262 g/mol. The molecule has 0 radical (unpaired) electrons. The smallest absolute Gasteiger partial charge is 0.233 e. The van der Waals surface area contributed by atoms with Crippen molar-refractivity contribution in [2.24, 2.45) is 16.3 Å². The molecule has 19 heavy (non-hydrogen) atoms. The first-order valence-corrected chi connectivity index (χ1v) is 6.34. The highest BCUT2D eigenvalue weighted by Crippen LogP contribution is 2.41. The summed E-state index contributed by atoms with van der Waals surface area (Å²) in [5, 5.41) is 14.6. The lowest BCUT2D eigenvalue weighted by atomic mass is 9.67. The summed E-state index contributed by atoms with van der Waals surface area (Å²) < 4.78 is 0. The molecule has 1 amide bonds. The van der Waals surface area contributed by atoms with Crippen LogP contribution in [0.4, 0.5) is 0 Å². The molecule has 1 aliphatic carbocycles. The maximum Gasteiger partial charge on any atom is 0.233 e. The molecule has 6 nitrogen and oxygen atoms in total. The predicted molar refractivity (Wildman–Crippen MR) is 70.6 cm³/mol. The van der Waals surface area contributed by atoms with Gasteiger partial charge in [-0.1, -0.05) is 11.6 Å². The van der Waals surface area contributed by atoms with Gasteiger partial charge in [0, 0.05) is 18.9 Å². The predicted octanol–water partition coefficient (Wildman–Crippen LogP) is 0.657. The molecule has 0 aliphatic heterocycles. The zero-order valence-electron chi connectivity index (χ0n) is 10.7. The summed E-state index contributed by atoms with van der Waals surface area (Å²) in [7, 11) is 0. The molecule has 2 rings (SSSR count). The van der Waals surface area contributed by atoms with Gasteiger partial charge in [0.1, 0.15) is 5.41 Å². The van der Waals surface area contributed by atoms with E-state index >= 15 is 0 Å². The Bertz CT molecular complexity index is 469. The highest BCUT2D eigenvalue weighted by atomic mass is 16.4. The number of carbonyl (C=O) groups is 1. The minimum atomic E-state index is -0.799. The number of amides is 1. The van der Waals surface area contributed by atoms with E-state index in [0.29, 0.717) is 19.4 Å². The van der Waals surface area contributed by atoms with Crippen LogP contribution in [0.5, 0.6) is 0 Å². The van der Waals surface area contributed by atoms with Crippen molar-refractivity contribution in [3.63, 3.8) is 0 Å². The Labute approximate surface area is 111 Å². The third kappa shape index (κ3) is 2.67. The van der Waals surface area contributed by atoms with Crippen LogP contribution >= 0.6 is 0 Å². The Morgan fingerprint density at radius 1 is 1.47 bits per heavy atom. The van der Waals surface area contributed by atoms with Crippen LogP contribution in [0.2, 0.25) is 0 Å². The standard InChI is InChI=1S/C13H18N4O2/c14-11(17-19)13(5-1-6-13)12(18)16-9-4-10-2-7-15-8-3-10/h2-3,7-8,19H,1,4-6,9H2,(H2,14,17)(H,16,18). The number of aromatic nitrogens is 1. The topological polar surface area (TPSA) is 101 Å². The number of amidine groups is 1. The fourth-order valence-electron chi connectivity index (χ4n) is 2.26. The molecule has 0 atom stereocenters. The summed E-state index contributed by atoms with van der Waals surface area (Å²) in [5.74, 6) is -0.136. The first-order chi connectivity index (χ1) is 9.19. The van der Waals surface area contributed by atoms with Crippen LogP contribution in [0.25, 0.3) is 0 Å². The minimum Gasteiger partial charge on any atom is -0.409 e. The molecule has 0 unspecified atom stereocenters. The molecule has 102 valence electrons. The Hall–Kier alpha value is -2.11. The molecule has 4 N–H and O–H groups in total. The van der Waals surface area contributed by atoms with Crippen LogP contribution in [0.1, 0.15) is 24.8 Å². The number of nitrogens with zero attached hydrogens (tertiary/aromatic N) is 2. The van der Waals surface area contributed by atoms with Gasteiger partial charge in [0.25, 0.3) is 0 Å². The van der Waals surface area contributed by atoms with Gasteiger partial charge in [-0.15, -0.1) is 0 Å². The maximum absolute atomic E-state index is 12.1. The number of hydrogen-bond donors (Lipinski definition) is 3. The number of nitrogens with two attached hydrogens (primary N) is 1. The van der Waals surface area contributed by atoms with Crippen LogP contribution in [0.15, 0.2) is 29.7 Å². The van der Waals surface area contributed by atoms with Crippen LogP contribution < -0.4 is 11.1 Å². The van der Waals surface area contributed by atoms with E-state index in [1.165, 1.54) is 0 Å². The number of rotatable bonds is 5. The van der Waals surface area contributed by atoms with E-state index in [1.807, 2.05) is 12.1 Å². The fourth-order valence-corrected chi connectivity index (χ4v) is 2.26. The van der Waals surface area contributed by atoms with Crippen molar-refractivity contribution >= 4 is 11.7 Å². The van der Waals surface area contributed by atoms with Crippen molar-refractivity contribution in [1.29, 1.82) is 0 Å². The van der Waals surface area contributed by atoms with E-state index in [2.05, 4.69) is 15.5 Å². The van der Waals surface area contributed by atoms with Crippen molar-refractivity contribution in [3.8, 4) is 0 Å². The van der Waals surface area contributed by atoms with Gasteiger partial charge in [-0.2, -0.15) is 0 Å². The van der Waals surface area contributed by atoms with Crippen LogP contribution in [-0.4, -0.2) is 28.5 Å². The van der Waals surface area contributed by atoms with E-state index < -0.39 is 5.41 Å². The molecular formula is C13H18N4O2. The van der Waals surface area contributed by atoms with Crippen molar-refractivity contribution in [3.05, 3.63) is 30.1 Å². The monoisotopic (exact) mass is 262 g/mol. The van der Waals surface area contributed by atoms with E-state index in [0.717, 1.165) is 18.4 Å². The molecule has 1 aliphatic rings. The van der Waals surface area contributed by atoms with Crippen LogP contribution in [0, 0.1) is 5.41 Å². The Kier molecular flexibility index (Phi) is 3.99. The highest BCUT2D eigenvalue weighted by molar-refractivity contribution is 6.07. The van der Waals surface area contributed by atoms with Gasteiger partial charge in [0.2, 0.25) is 5.91 Å². The molecule has 0 bridgehead atoms. The molecule has 1 aromatic heterocycles. The largest absolute Gasteiger partial charge is 0.409 e. The SMILES string of the molecule is N/C(=N/O)C1(C(=O)NCCc2ccncc2)CCC1. The number of carbonyl (C=O) groups excluding carboxylic acids is 1. The Morgan fingerprint density at radius 3 is 2.68 bits per heavy atom. The molecule has 1 fully saturated rings. The Morgan fingerprint density at radius 2 is 2.16 bits per heavy atom. The van der Waals surface area contributed by atoms with Crippen molar-refractivity contribution in [2.45, 2.75) is 25.7 Å². The van der Waals surface area contributed by atoms with E-state index in [9.17, 15) is 4.79 Å². The van der Waals surface area contributed by atoms with E-state index in [4.69, 9.17) is 10.9 Å². The first-order valence-electron chi connectivity index (χ1n) is 6.34. The molecule has 0 aromatic carbocycles. The highest BCUT2D eigenvalue weighted by Gasteiger charge is 2.48. The number of nitrogens with one attached hydrogen (secondary N) is 1. The Balaban J connectivity index is 1.87. The zero-order chi connectivity index (χ0) is 13.7. The molecule has 1 heterocycles. The van der Waals surface area contributed by atoms with Gasteiger partial charge in [-0.05, 0) is 37.0 Å². The zero-order valence-corrected chi connectivity index (χ0v) is 10.7.